The number of ether oxygens (including phenoxy) is 5. The zero-order valence-electron chi connectivity index (χ0n) is 76.5. The van der Waals surface area contributed by atoms with Crippen molar-refractivity contribution in [3.63, 3.8) is 0 Å². The fraction of sp³-hybridized carbons (Fsp3) is 0.176. The van der Waals surface area contributed by atoms with Crippen LogP contribution in [0.5, 0.6) is 28.7 Å². The number of Topliss-reactive ketones (excluding diaryl/α,β-unsaturated/α-hetero) is 1. The third-order valence-corrected chi connectivity index (χ3v) is 22.0. The first kappa shape index (κ1) is 100. The fourth-order valence-corrected chi connectivity index (χ4v) is 13.6. The molecule has 5 aromatic carbocycles. The van der Waals surface area contributed by atoms with Crippen LogP contribution in [-0.2, 0) is 4.74 Å². The lowest BCUT2D eigenvalue weighted by atomic mass is 9.82. The molecule has 136 heavy (non-hydrogen) atoms. The number of nitrogen functional groups attached to an aromatic ring is 1. The third kappa shape index (κ3) is 28.8. The van der Waals surface area contributed by atoms with Crippen LogP contribution >= 0.6 is 47.8 Å². The monoisotopic (exact) mass is 2020 g/mol. The van der Waals surface area contributed by atoms with Crippen molar-refractivity contribution in [1.29, 1.82) is 0 Å². The van der Waals surface area contributed by atoms with Gasteiger partial charge in [-0.2, -0.15) is 0 Å². The first-order valence-electron chi connectivity index (χ1n) is 42.5. The van der Waals surface area contributed by atoms with Gasteiger partial charge >= 0.3 is 7.12 Å². The second kappa shape index (κ2) is 48.9. The Morgan fingerprint density at radius 3 is 1.07 bits per heavy atom. The molecule has 6 N–H and O–H groups in total. The van der Waals surface area contributed by atoms with Crippen molar-refractivity contribution in [2.45, 2.75) is 12.2 Å². The van der Waals surface area contributed by atoms with E-state index in [1.165, 1.54) is 6.20 Å². The maximum absolute atomic E-state index is 12.4. The molecule has 34 heteroatoms. The van der Waals surface area contributed by atoms with Crippen LogP contribution in [0.25, 0.3) is 101 Å². The van der Waals surface area contributed by atoms with Crippen LogP contribution in [-0.4, -0.2) is 217 Å². The Kier molecular flexibility index (Phi) is 36.2. The number of nitrogens with two attached hydrogens (primary N) is 1. The summed E-state index contributed by atoms with van der Waals surface area (Å²) in [5, 5.41) is 36.8. The summed E-state index contributed by atoms with van der Waals surface area (Å²) in [6.07, 6.45) is 22.6. The van der Waals surface area contributed by atoms with E-state index in [-0.39, 0.29) is 30.9 Å². The predicted octanol–water partition coefficient (Wildman–Crippen LogP) is 18.5. The van der Waals surface area contributed by atoms with E-state index in [0.717, 1.165) is 156 Å². The van der Waals surface area contributed by atoms with E-state index in [2.05, 4.69) is 176 Å². The molecule has 28 nitrogen and oxygen atoms in total. The van der Waals surface area contributed by atoms with Crippen LogP contribution in [0.3, 0.4) is 0 Å². The number of ketones is 1. The number of carbonyl (C=O) groups is 1. The van der Waals surface area contributed by atoms with E-state index in [9.17, 15) is 23.8 Å². The van der Waals surface area contributed by atoms with Crippen LogP contribution < -0.4 is 49.7 Å². The number of rotatable bonds is 22. The Balaban J connectivity index is 0.000000146. The number of epoxide rings is 1. The number of anilines is 5. The molecule has 18 aromatic rings. The first-order chi connectivity index (χ1) is 65.6. The number of alkyl halides is 3. The minimum Gasteiger partial charge on any atom is -0.506 e. The molecule has 0 aliphatic carbocycles. The Morgan fingerprint density at radius 1 is 0.426 bits per heavy atom. The number of aliphatic hydroxyl groups is 1. The van der Waals surface area contributed by atoms with Crippen molar-refractivity contribution in [2.75, 3.05) is 135 Å². The van der Waals surface area contributed by atoms with Crippen molar-refractivity contribution in [3.8, 4) is 107 Å². The van der Waals surface area contributed by atoms with Crippen molar-refractivity contribution in [2.24, 2.45) is 0 Å². The summed E-state index contributed by atoms with van der Waals surface area (Å²) in [5.41, 5.74) is 24.2. The Morgan fingerprint density at radius 2 is 0.757 bits per heavy atom. The standard InChI is InChI=1S/C23H23FN4O2.C21H20N4O.C20H18N4O.C14H11BrN2O.C8H6Br2O.C7H11BN2O2.C6H8N2O.C3H5FO/c1-27(2)22-9-7-18(12-25-22)16-3-5-17(6-4-16)21-14-28-13-20(8-10-23(28)26-21)30-15-19(29)11-24;1-24(2)20-10-8-17(12-22-20)15-4-6-16(7-5-15)19-14-25-13-18(26-3)9-11-21(25)23-19;1-23(2)19-9-7-16(11-21-19)14-3-5-15(6-4-14)18-13-24-12-17(25)8-10-20(24)22-18;1-18-12-6-7-14-16-13(9-17(14)8-12)10-2-4-11(15)5-3-10;9-5-8(11)6-1-3-7(10)4-2-6;1-10(2)7-4-3-6(5-9-7)8(11)12;1-9-5-2-3-6(7)8-4-5;4-1-3-2-5-3/h3-10,12-14,19,29H,11,15H2,1-2H3;4-14H,1-3H3;3-13,25H,1-2H3;2-9H,1H3;1-4H,5H2;3-5,11-12H,1-2H3;2-4H,1H3,(H2,7,8);3H,1-2H2. The number of fused-ring (bicyclic) bond motifs is 4. The number of aromatic nitrogens is 13. The van der Waals surface area contributed by atoms with Gasteiger partial charge in [0.2, 0.25) is 0 Å². The molecule has 0 saturated carbocycles. The number of halogens is 5. The van der Waals surface area contributed by atoms with Gasteiger partial charge < -0.3 is 86.9 Å². The molecule has 14 heterocycles. The first-order valence-corrected chi connectivity index (χ1v) is 45.2. The van der Waals surface area contributed by atoms with Crippen molar-refractivity contribution in [3.05, 3.63) is 326 Å². The van der Waals surface area contributed by atoms with Gasteiger partial charge in [0.15, 0.2) is 5.78 Å². The Labute approximate surface area is 812 Å². The van der Waals surface area contributed by atoms with Gasteiger partial charge in [0.05, 0.1) is 87.0 Å². The molecule has 2 atom stereocenters. The van der Waals surface area contributed by atoms with Gasteiger partial charge in [-0.15, -0.1) is 0 Å². The molecule has 13 aromatic heterocycles. The second-order valence-corrected chi connectivity index (χ2v) is 33.6. The van der Waals surface area contributed by atoms with E-state index in [1.807, 2.05) is 246 Å². The molecule has 1 fully saturated rings. The molecule has 0 amide bonds. The molecule has 1 saturated heterocycles. The van der Waals surface area contributed by atoms with E-state index in [1.54, 1.807) is 94.5 Å². The molecule has 1 aliphatic heterocycles. The molecule has 2 unspecified atom stereocenters. The van der Waals surface area contributed by atoms with Crippen LogP contribution in [0.2, 0.25) is 0 Å². The zero-order chi connectivity index (χ0) is 96.9. The normalized spacial score (nSPS) is 11.7. The fourth-order valence-electron chi connectivity index (χ4n) is 12.8. The Bertz CT molecular complexity index is 6790. The van der Waals surface area contributed by atoms with Gasteiger partial charge in [-0.25, -0.2) is 53.6 Å². The highest BCUT2D eigenvalue weighted by Gasteiger charge is 2.21. The van der Waals surface area contributed by atoms with Crippen LogP contribution in [0.1, 0.15) is 10.4 Å². The maximum Gasteiger partial charge on any atom is 0.490 e. The SMILES string of the molecule is CN(C)c1ccc(-c2ccc(-c3cn4cc(O)ccc4n3)cc2)cn1.CN(C)c1ccc(-c2ccc(-c3cn4cc(OCC(O)CF)ccc4n3)cc2)cn1.CN(C)c1ccc(B(O)O)cn1.COc1ccc(N)nc1.COc1ccc2nc(-c3ccc(-c4ccc(N(C)C)nc4)cc3)cn2c1.COc1ccc2nc(-c3ccc(Br)cc3)cn2c1.FCC1CO1.O=C(CBr)c1ccc(Br)cc1. The minimum absolute atomic E-state index is 0.0324. The number of aliphatic hydroxyl groups excluding tert-OH is 1. The van der Waals surface area contributed by atoms with E-state index < -0.39 is 19.9 Å². The van der Waals surface area contributed by atoms with E-state index >= 15 is 0 Å². The summed E-state index contributed by atoms with van der Waals surface area (Å²) >= 11 is 9.83. The average Bonchev–Trinajstić information content (AvgIpc) is 1.68. The molecule has 0 spiro atoms. The number of benzene rings is 5. The summed E-state index contributed by atoms with van der Waals surface area (Å²) in [7, 11) is 19.1. The molecular weight excluding hydrogens is 1930 g/mol. The summed E-state index contributed by atoms with van der Waals surface area (Å²) in [5.74, 6) is 7.34. The van der Waals surface area contributed by atoms with Gasteiger partial charge in [0.1, 0.15) is 113 Å². The highest BCUT2D eigenvalue weighted by molar-refractivity contribution is 9.10. The van der Waals surface area contributed by atoms with Crippen molar-refractivity contribution >= 4 is 118 Å². The number of pyridine rings is 9. The largest absolute Gasteiger partial charge is 0.506 e. The van der Waals surface area contributed by atoms with Crippen molar-refractivity contribution < 1.29 is 57.5 Å². The molecular formula is C102H102BBr3F2N18O10. The van der Waals surface area contributed by atoms with Gasteiger partial charge in [-0.05, 0) is 144 Å². The van der Waals surface area contributed by atoms with Gasteiger partial charge in [-0.3, -0.25) is 4.79 Å². The van der Waals surface area contributed by atoms with Crippen LogP contribution in [0.15, 0.2) is 320 Å². The molecule has 698 valence electrons. The smallest absolute Gasteiger partial charge is 0.490 e. The Hall–Kier alpha value is -14.5. The lowest BCUT2D eigenvalue weighted by Gasteiger charge is -2.11. The number of hydrogen-bond acceptors (Lipinski definition) is 24. The number of hydrogen-bond donors (Lipinski definition) is 5. The number of carbonyl (C=O) groups excluding carboxylic acids is 1. The third-order valence-electron chi connectivity index (χ3n) is 20.5. The lowest BCUT2D eigenvalue weighted by Crippen LogP contribution is -2.30. The topological polar surface area (TPSA) is 320 Å². The number of aromatic hydroxyl groups is 1. The zero-order valence-corrected chi connectivity index (χ0v) is 81.3. The summed E-state index contributed by atoms with van der Waals surface area (Å²) < 4.78 is 58.3. The summed E-state index contributed by atoms with van der Waals surface area (Å²) in [6, 6.07) is 74.1. The minimum atomic E-state index is -1.44. The van der Waals surface area contributed by atoms with Gasteiger partial charge in [0, 0.05) is 165 Å². The molecule has 0 radical (unpaired) electrons. The molecule has 0 bridgehead atoms. The second-order valence-electron chi connectivity index (χ2n) is 31.2. The lowest BCUT2D eigenvalue weighted by molar-refractivity contribution is 0.0840. The number of methoxy groups -OCH3 is 3. The number of imidazole rings is 4. The van der Waals surface area contributed by atoms with Crippen LogP contribution in [0, 0.1) is 0 Å². The summed E-state index contributed by atoms with van der Waals surface area (Å²) in [4.78, 5) is 58.6. The van der Waals surface area contributed by atoms with E-state index in [0.29, 0.717) is 29.0 Å². The quantitative estimate of drug-likeness (QED) is 0.0182. The van der Waals surface area contributed by atoms with Crippen LogP contribution in [0.4, 0.5) is 37.9 Å². The van der Waals surface area contributed by atoms with Gasteiger partial charge in [0.25, 0.3) is 0 Å². The molecule has 19 rings (SSSR count). The summed E-state index contributed by atoms with van der Waals surface area (Å²) in [6.45, 7) is -0.588. The molecule has 1 aliphatic rings. The number of nitrogens with zero attached hydrogens (tertiary/aromatic N) is 17. The maximum atomic E-state index is 12.4. The van der Waals surface area contributed by atoms with Crippen molar-refractivity contribution in [1.82, 2.24) is 62.5 Å². The highest BCUT2D eigenvalue weighted by Crippen LogP contribution is 2.32. The van der Waals surface area contributed by atoms with Gasteiger partial charge in [-0.1, -0.05) is 151 Å². The predicted molar refractivity (Wildman–Crippen MR) is 547 cm³/mol. The van der Waals surface area contributed by atoms with E-state index in [4.69, 9.17) is 34.7 Å². The average molecular weight is 2030 g/mol. The highest BCUT2D eigenvalue weighted by atomic mass is 79.9.